The Morgan fingerprint density at radius 2 is 1.70 bits per heavy atom. The van der Waals surface area contributed by atoms with Crippen molar-refractivity contribution < 1.29 is 9.59 Å². The summed E-state index contributed by atoms with van der Waals surface area (Å²) in [6.07, 6.45) is 5.03. The highest BCUT2D eigenvalue weighted by atomic mass is 16.2. The number of amides is 2. The van der Waals surface area contributed by atoms with Gasteiger partial charge in [0.15, 0.2) is 0 Å². The molecule has 0 radical (unpaired) electrons. The van der Waals surface area contributed by atoms with Gasteiger partial charge >= 0.3 is 0 Å². The molecule has 0 spiro atoms. The average molecular weight is 374 g/mol. The van der Waals surface area contributed by atoms with Gasteiger partial charge in [-0.05, 0) is 77.2 Å². The Hall–Kier alpha value is -1.88. The number of nitrogens with one attached hydrogen (secondary N) is 2. The molecule has 1 saturated carbocycles. The van der Waals surface area contributed by atoms with Crippen LogP contribution in [0.1, 0.15) is 50.2 Å². The quantitative estimate of drug-likeness (QED) is 0.687. The number of benzene rings is 1. The first-order chi connectivity index (χ1) is 12.9. The van der Waals surface area contributed by atoms with Gasteiger partial charge in [0.05, 0.1) is 0 Å². The van der Waals surface area contributed by atoms with E-state index in [-0.39, 0.29) is 23.7 Å². The number of carbonyl (C=O) groups is 2. The van der Waals surface area contributed by atoms with Gasteiger partial charge in [0.1, 0.15) is 0 Å². The first-order valence-corrected chi connectivity index (χ1v) is 10.2. The van der Waals surface area contributed by atoms with Crippen LogP contribution >= 0.6 is 0 Å². The van der Waals surface area contributed by atoms with Crippen LogP contribution in [0.5, 0.6) is 0 Å². The van der Waals surface area contributed by atoms with Crippen LogP contribution in [0.15, 0.2) is 18.2 Å². The number of aryl methyl sites for hydroxylation is 2. The van der Waals surface area contributed by atoms with E-state index in [4.69, 9.17) is 0 Å². The van der Waals surface area contributed by atoms with Crippen molar-refractivity contribution in [2.45, 2.75) is 52.4 Å². The van der Waals surface area contributed by atoms with Crippen LogP contribution < -0.4 is 10.6 Å². The molecule has 1 aromatic carbocycles. The van der Waals surface area contributed by atoms with Gasteiger partial charge in [0, 0.05) is 24.1 Å². The first-order valence-electron chi connectivity index (χ1n) is 10.2. The van der Waals surface area contributed by atoms with Crippen LogP contribution in [0, 0.1) is 18.8 Å². The minimum atomic E-state index is 0.00658. The molecule has 0 unspecified atom stereocenters. The molecular formula is C22H35N3O2. The molecule has 0 bridgehead atoms. The maximum absolute atomic E-state index is 12.7. The molecule has 0 heterocycles. The molecule has 2 rings (SSSR count). The van der Waals surface area contributed by atoms with Crippen LogP contribution in [0.4, 0.5) is 5.69 Å². The molecular weight excluding hydrogens is 338 g/mol. The summed E-state index contributed by atoms with van der Waals surface area (Å²) >= 11 is 0. The Morgan fingerprint density at radius 1 is 1.07 bits per heavy atom. The van der Waals surface area contributed by atoms with E-state index < -0.39 is 0 Å². The van der Waals surface area contributed by atoms with Gasteiger partial charge in [-0.25, -0.2) is 0 Å². The molecule has 1 aliphatic rings. The van der Waals surface area contributed by atoms with E-state index in [1.54, 1.807) is 0 Å². The molecule has 5 heteroatoms. The fourth-order valence-corrected chi connectivity index (χ4v) is 3.80. The summed E-state index contributed by atoms with van der Waals surface area (Å²) in [6.45, 7) is 5.84. The van der Waals surface area contributed by atoms with Gasteiger partial charge in [0.2, 0.25) is 11.8 Å². The minimum Gasteiger partial charge on any atom is -0.356 e. The minimum absolute atomic E-state index is 0.00658. The van der Waals surface area contributed by atoms with Gasteiger partial charge in [0.25, 0.3) is 0 Å². The van der Waals surface area contributed by atoms with Crippen molar-refractivity contribution in [3.63, 3.8) is 0 Å². The Labute approximate surface area is 163 Å². The zero-order valence-electron chi connectivity index (χ0n) is 17.3. The lowest BCUT2D eigenvalue weighted by Gasteiger charge is -2.27. The number of nitrogens with zero attached hydrogens (tertiary/aromatic N) is 1. The normalized spacial score (nSPS) is 19.7. The standard InChI is InChI=1S/C22H35N3O2/c1-5-17-9-6-8-16(2)20(17)24-22(27)19-12-10-18(11-13-19)21(26)23-14-7-15-25(3)4/h6,8-9,18-19H,5,7,10-15H2,1-4H3,(H,23,26)(H,24,27). The summed E-state index contributed by atoms with van der Waals surface area (Å²) in [5.74, 6) is 0.314. The third-order valence-corrected chi connectivity index (χ3v) is 5.54. The van der Waals surface area contributed by atoms with Crippen molar-refractivity contribution in [2.24, 2.45) is 11.8 Å². The van der Waals surface area contributed by atoms with Gasteiger partial charge in [-0.15, -0.1) is 0 Å². The fourth-order valence-electron chi connectivity index (χ4n) is 3.80. The molecule has 1 fully saturated rings. The zero-order valence-corrected chi connectivity index (χ0v) is 17.3. The van der Waals surface area contributed by atoms with E-state index in [0.29, 0.717) is 0 Å². The summed E-state index contributed by atoms with van der Waals surface area (Å²) < 4.78 is 0. The van der Waals surface area contributed by atoms with Crippen molar-refractivity contribution in [3.8, 4) is 0 Å². The average Bonchev–Trinajstić information content (AvgIpc) is 2.66. The van der Waals surface area contributed by atoms with Gasteiger partial charge in [-0.3, -0.25) is 9.59 Å². The van der Waals surface area contributed by atoms with Gasteiger partial charge in [-0.2, -0.15) is 0 Å². The van der Waals surface area contributed by atoms with Gasteiger partial charge in [-0.1, -0.05) is 25.1 Å². The second-order valence-corrected chi connectivity index (χ2v) is 7.95. The van der Waals surface area contributed by atoms with E-state index in [0.717, 1.165) is 62.9 Å². The van der Waals surface area contributed by atoms with E-state index in [1.165, 1.54) is 5.56 Å². The maximum Gasteiger partial charge on any atom is 0.227 e. The molecule has 0 aliphatic heterocycles. The first kappa shape index (κ1) is 21.4. The van der Waals surface area contributed by atoms with E-state index in [2.05, 4.69) is 28.5 Å². The third-order valence-electron chi connectivity index (χ3n) is 5.54. The molecule has 27 heavy (non-hydrogen) atoms. The zero-order chi connectivity index (χ0) is 19.8. The van der Waals surface area contributed by atoms with Crippen molar-refractivity contribution in [1.82, 2.24) is 10.2 Å². The molecule has 2 N–H and O–H groups in total. The number of carbonyl (C=O) groups excluding carboxylic acids is 2. The molecule has 0 saturated heterocycles. The van der Waals surface area contributed by atoms with E-state index in [1.807, 2.05) is 33.2 Å². The van der Waals surface area contributed by atoms with Crippen LogP contribution in [0.3, 0.4) is 0 Å². The Kier molecular flexibility index (Phi) is 8.29. The molecule has 0 aromatic heterocycles. The summed E-state index contributed by atoms with van der Waals surface area (Å²) in [4.78, 5) is 27.2. The van der Waals surface area contributed by atoms with Crippen LogP contribution in [0.2, 0.25) is 0 Å². The highest BCUT2D eigenvalue weighted by molar-refractivity contribution is 5.94. The highest BCUT2D eigenvalue weighted by Gasteiger charge is 2.30. The van der Waals surface area contributed by atoms with Crippen molar-refractivity contribution in [2.75, 3.05) is 32.5 Å². The van der Waals surface area contributed by atoms with Crippen molar-refractivity contribution in [3.05, 3.63) is 29.3 Å². The Morgan fingerprint density at radius 3 is 2.30 bits per heavy atom. The second kappa shape index (κ2) is 10.5. The maximum atomic E-state index is 12.7. The number of anilines is 1. The molecule has 0 atom stereocenters. The highest BCUT2D eigenvalue weighted by Crippen LogP contribution is 2.31. The lowest BCUT2D eigenvalue weighted by atomic mass is 9.81. The molecule has 1 aromatic rings. The summed E-state index contributed by atoms with van der Waals surface area (Å²) in [6, 6.07) is 6.14. The summed E-state index contributed by atoms with van der Waals surface area (Å²) in [5.41, 5.74) is 3.24. The van der Waals surface area contributed by atoms with Crippen LogP contribution in [-0.2, 0) is 16.0 Å². The molecule has 150 valence electrons. The van der Waals surface area contributed by atoms with Crippen LogP contribution in [0.25, 0.3) is 0 Å². The lowest BCUT2D eigenvalue weighted by molar-refractivity contribution is -0.128. The Bertz CT molecular complexity index is 634. The van der Waals surface area contributed by atoms with Crippen molar-refractivity contribution >= 4 is 17.5 Å². The largest absolute Gasteiger partial charge is 0.356 e. The van der Waals surface area contributed by atoms with Crippen molar-refractivity contribution in [1.29, 1.82) is 0 Å². The number of hydrogen-bond acceptors (Lipinski definition) is 3. The number of rotatable bonds is 8. The monoisotopic (exact) mass is 373 g/mol. The van der Waals surface area contributed by atoms with Crippen LogP contribution in [-0.4, -0.2) is 43.9 Å². The fraction of sp³-hybridized carbons (Fsp3) is 0.636. The topological polar surface area (TPSA) is 61.4 Å². The summed E-state index contributed by atoms with van der Waals surface area (Å²) in [7, 11) is 4.07. The SMILES string of the molecule is CCc1cccc(C)c1NC(=O)C1CCC(C(=O)NCCCN(C)C)CC1. The molecule has 5 nitrogen and oxygen atoms in total. The van der Waals surface area contributed by atoms with E-state index in [9.17, 15) is 9.59 Å². The van der Waals surface area contributed by atoms with E-state index >= 15 is 0 Å². The molecule has 2 amide bonds. The lowest BCUT2D eigenvalue weighted by Crippen LogP contribution is -2.36. The van der Waals surface area contributed by atoms with Gasteiger partial charge < -0.3 is 15.5 Å². The predicted molar refractivity (Wildman–Crippen MR) is 111 cm³/mol. The predicted octanol–water partition coefficient (Wildman–Crippen LogP) is 3.37. The summed E-state index contributed by atoms with van der Waals surface area (Å²) in [5, 5.41) is 6.20. The third kappa shape index (κ3) is 6.35. The number of hydrogen-bond donors (Lipinski definition) is 2. The smallest absolute Gasteiger partial charge is 0.227 e. The Balaban J connectivity index is 1.80. The number of para-hydroxylation sites is 1. The second-order valence-electron chi connectivity index (χ2n) is 7.95. The molecule has 1 aliphatic carbocycles.